The van der Waals surface area contributed by atoms with Crippen molar-refractivity contribution in [2.45, 2.75) is 45.0 Å². The molecule has 0 saturated heterocycles. The first-order chi connectivity index (χ1) is 14.3. The average Bonchev–Trinajstić information content (AvgIpc) is 2.66. The lowest BCUT2D eigenvalue weighted by molar-refractivity contribution is -0.117. The lowest BCUT2D eigenvalue weighted by Gasteiger charge is -2.09. The van der Waals surface area contributed by atoms with E-state index in [0.717, 1.165) is 24.1 Å². The van der Waals surface area contributed by atoms with Crippen molar-refractivity contribution in [1.82, 2.24) is 0 Å². The van der Waals surface area contributed by atoms with Crippen LogP contribution in [0.15, 0.2) is 48.5 Å². The van der Waals surface area contributed by atoms with Crippen molar-refractivity contribution in [3.63, 3.8) is 0 Å². The average molecular weight is 460 g/mol. The zero-order valence-corrected chi connectivity index (χ0v) is 17.8. The summed E-state index contributed by atoms with van der Waals surface area (Å²) in [6.45, 7) is 3.01. The Bertz CT molecular complexity index is 966. The molecule has 0 aliphatic carbocycles. The van der Waals surface area contributed by atoms with Crippen LogP contribution in [0.25, 0.3) is 0 Å². The molecule has 170 valence electrons. The summed E-state index contributed by atoms with van der Waals surface area (Å²) in [6.07, 6.45) is 2.07. The van der Waals surface area contributed by atoms with Crippen molar-refractivity contribution in [2.24, 2.45) is 0 Å². The number of rotatable bonds is 8. The number of carbonyl (C=O) groups is 2. The van der Waals surface area contributed by atoms with Gasteiger partial charge in [-0.3, -0.25) is 0 Å². The molecule has 0 saturated carbocycles. The van der Waals surface area contributed by atoms with Crippen molar-refractivity contribution >= 4 is 21.7 Å². The third-order valence-electron chi connectivity index (χ3n) is 3.88. The minimum Gasteiger partial charge on any atom is -0.508 e. The number of phenolic OH excluding ortho intramolecular Hbond substituents is 1. The number of alkyl halides is 3. The van der Waals surface area contributed by atoms with Crippen molar-refractivity contribution in [1.29, 1.82) is 0 Å². The summed E-state index contributed by atoms with van der Waals surface area (Å²) < 4.78 is 61.6. The van der Waals surface area contributed by atoms with Gasteiger partial charge in [0, 0.05) is 12.8 Å². The van der Waals surface area contributed by atoms with E-state index in [1.807, 2.05) is 12.1 Å². The highest BCUT2D eigenvalue weighted by molar-refractivity contribution is 7.88. The quantitative estimate of drug-likeness (QED) is 0.465. The van der Waals surface area contributed by atoms with E-state index in [1.54, 1.807) is 19.1 Å². The lowest BCUT2D eigenvalue weighted by Crippen LogP contribution is -2.28. The van der Waals surface area contributed by atoms with Gasteiger partial charge in [-0.1, -0.05) is 24.3 Å². The minimum atomic E-state index is -5.64. The Balaban J connectivity index is 0.000000343. The minimum absolute atomic E-state index is 0.0139. The van der Waals surface area contributed by atoms with Gasteiger partial charge in [-0.05, 0) is 62.1 Å². The van der Waals surface area contributed by atoms with E-state index in [4.69, 9.17) is 5.11 Å². The van der Waals surface area contributed by atoms with E-state index in [0.29, 0.717) is 24.8 Å². The van der Waals surface area contributed by atoms with Crippen molar-refractivity contribution in [3.05, 3.63) is 59.7 Å². The monoisotopic (exact) mass is 460 g/mol. The van der Waals surface area contributed by atoms with Crippen LogP contribution < -0.4 is 4.18 Å². The molecule has 0 atom stereocenters. The first kappa shape index (κ1) is 26.2. The van der Waals surface area contributed by atoms with Gasteiger partial charge in [0.05, 0.1) is 0 Å². The molecule has 1 N–H and O–H groups in total. The molecule has 0 aliphatic rings. The zero-order valence-electron chi connectivity index (χ0n) is 17.0. The summed E-state index contributed by atoms with van der Waals surface area (Å²) in [5, 5.41) is 8.97. The van der Waals surface area contributed by atoms with Gasteiger partial charge in [0.15, 0.2) is 0 Å². The Morgan fingerprint density at radius 1 is 0.839 bits per heavy atom. The molecule has 0 aliphatic heterocycles. The first-order valence-corrected chi connectivity index (χ1v) is 10.6. The van der Waals surface area contributed by atoms with Crippen molar-refractivity contribution in [3.8, 4) is 11.5 Å². The first-order valence-electron chi connectivity index (χ1n) is 9.16. The Hall–Kier alpha value is -2.88. The van der Waals surface area contributed by atoms with Crippen LogP contribution in [0.2, 0.25) is 0 Å². The molecule has 2 aromatic rings. The number of ketones is 2. The fourth-order valence-corrected chi connectivity index (χ4v) is 2.65. The van der Waals surface area contributed by atoms with E-state index in [1.165, 1.54) is 19.1 Å². The Labute approximate surface area is 178 Å². The highest BCUT2D eigenvalue weighted by atomic mass is 32.2. The molecule has 0 bridgehead atoms. The predicted molar refractivity (Wildman–Crippen MR) is 108 cm³/mol. The number of benzene rings is 2. The van der Waals surface area contributed by atoms with Gasteiger partial charge < -0.3 is 18.9 Å². The Morgan fingerprint density at radius 2 is 1.23 bits per heavy atom. The summed E-state index contributed by atoms with van der Waals surface area (Å²) in [4.78, 5) is 21.4. The van der Waals surface area contributed by atoms with E-state index >= 15 is 0 Å². The fourth-order valence-electron chi connectivity index (χ4n) is 2.19. The van der Waals surface area contributed by atoms with Gasteiger partial charge in [-0.25, -0.2) is 0 Å². The Kier molecular flexibility index (Phi) is 9.70. The van der Waals surface area contributed by atoms with Gasteiger partial charge in [-0.15, -0.1) is 0 Å². The molecular weight excluding hydrogens is 437 g/mol. The summed E-state index contributed by atoms with van der Waals surface area (Å²) >= 11 is 0. The van der Waals surface area contributed by atoms with E-state index < -0.39 is 21.4 Å². The topological polar surface area (TPSA) is 97.7 Å². The summed E-state index contributed by atoms with van der Waals surface area (Å²) in [7, 11) is -5.64. The maximum Gasteiger partial charge on any atom is 0.534 e. The number of aryl methyl sites for hydroxylation is 2. The molecule has 0 unspecified atom stereocenters. The van der Waals surface area contributed by atoms with Crippen LogP contribution in [-0.2, 0) is 32.5 Å². The van der Waals surface area contributed by atoms with Crippen LogP contribution in [-0.4, -0.2) is 30.6 Å². The molecule has 0 radical (unpaired) electrons. The van der Waals surface area contributed by atoms with Crippen LogP contribution >= 0.6 is 0 Å². The third-order valence-corrected chi connectivity index (χ3v) is 4.86. The fraction of sp³-hybridized carbons (Fsp3) is 0.333. The second-order valence-corrected chi connectivity index (χ2v) is 8.24. The number of Topliss-reactive ketones (excluding diaryl/α,β-unsaturated/α-hetero) is 2. The predicted octanol–water partition coefficient (Wildman–Crippen LogP) is 4.35. The second-order valence-electron chi connectivity index (χ2n) is 6.70. The maximum absolute atomic E-state index is 12.1. The number of aromatic hydroxyl groups is 1. The standard InChI is InChI=1S/C11H11F3O4S.C10H12O2/c1-8(15)2-3-9-4-6-10(7-5-9)18-19(16,17)11(12,13)14;1-8(11)2-3-9-4-6-10(12)7-5-9/h4-7H,2-3H2,1H3;4-7,12H,2-3H2,1H3. The van der Waals surface area contributed by atoms with Crippen LogP contribution in [0, 0.1) is 0 Å². The molecule has 0 aromatic heterocycles. The molecule has 31 heavy (non-hydrogen) atoms. The molecule has 2 aromatic carbocycles. The van der Waals surface area contributed by atoms with Gasteiger partial charge in [0.1, 0.15) is 23.1 Å². The van der Waals surface area contributed by atoms with Crippen LogP contribution in [0.3, 0.4) is 0 Å². The zero-order chi connectivity index (χ0) is 23.7. The molecular formula is C21H23F3O6S. The normalized spacial score (nSPS) is 11.3. The van der Waals surface area contributed by atoms with Crippen molar-refractivity contribution < 1.29 is 40.5 Å². The molecule has 0 amide bonds. The van der Waals surface area contributed by atoms with Crippen LogP contribution in [0.1, 0.15) is 37.8 Å². The SMILES string of the molecule is CC(=O)CCc1ccc(O)cc1.CC(=O)CCc1ccc(OS(=O)(=O)C(F)(F)F)cc1. The number of phenols is 1. The van der Waals surface area contributed by atoms with E-state index in [-0.39, 0.29) is 17.3 Å². The number of hydrogen-bond donors (Lipinski definition) is 1. The summed E-state index contributed by atoms with van der Waals surface area (Å²) in [5.41, 5.74) is -3.67. The van der Waals surface area contributed by atoms with Crippen molar-refractivity contribution in [2.75, 3.05) is 0 Å². The number of carbonyl (C=O) groups excluding carboxylic acids is 2. The number of halogens is 3. The smallest absolute Gasteiger partial charge is 0.508 e. The van der Waals surface area contributed by atoms with Gasteiger partial charge >= 0.3 is 15.6 Å². The maximum atomic E-state index is 12.1. The van der Waals surface area contributed by atoms with E-state index in [2.05, 4.69) is 4.18 Å². The Morgan fingerprint density at radius 3 is 1.58 bits per heavy atom. The summed E-state index contributed by atoms with van der Waals surface area (Å²) in [5.74, 6) is 0.0218. The molecule has 0 spiro atoms. The van der Waals surface area contributed by atoms with Crippen LogP contribution in [0.5, 0.6) is 11.5 Å². The lowest BCUT2D eigenvalue weighted by atomic mass is 10.1. The highest BCUT2D eigenvalue weighted by Crippen LogP contribution is 2.27. The second kappa shape index (κ2) is 11.5. The van der Waals surface area contributed by atoms with Gasteiger partial charge in [-0.2, -0.15) is 21.6 Å². The van der Waals surface area contributed by atoms with Gasteiger partial charge in [0.2, 0.25) is 0 Å². The summed E-state index contributed by atoms with van der Waals surface area (Å²) in [6, 6.07) is 12.0. The van der Waals surface area contributed by atoms with E-state index in [9.17, 15) is 31.2 Å². The van der Waals surface area contributed by atoms with Crippen LogP contribution in [0.4, 0.5) is 13.2 Å². The molecule has 0 fully saturated rings. The molecule has 2 rings (SSSR count). The molecule has 6 nitrogen and oxygen atoms in total. The number of hydrogen-bond acceptors (Lipinski definition) is 6. The molecule has 0 heterocycles. The third kappa shape index (κ3) is 10.1. The highest BCUT2D eigenvalue weighted by Gasteiger charge is 2.48. The largest absolute Gasteiger partial charge is 0.534 e. The van der Waals surface area contributed by atoms with Gasteiger partial charge in [0.25, 0.3) is 0 Å². The molecule has 10 heteroatoms.